The Hall–Kier alpha value is -1.23. The molecule has 2 rings (SSSR count). The zero-order chi connectivity index (χ0) is 8.01. The van der Waals surface area contributed by atoms with Gasteiger partial charge in [-0.1, -0.05) is 11.3 Å². The van der Waals surface area contributed by atoms with Gasteiger partial charge in [0.25, 0.3) is 0 Å². The second kappa shape index (κ2) is 1.88. The fourth-order valence-corrected chi connectivity index (χ4v) is 1.82. The first-order valence-corrected chi connectivity index (χ1v) is 4.00. The van der Waals surface area contributed by atoms with Crippen LogP contribution in [0, 0.1) is 6.92 Å². The number of fused-ring (bicyclic) bond motifs is 1. The van der Waals surface area contributed by atoms with Crippen molar-refractivity contribution in [2.24, 2.45) is 0 Å². The normalized spacial score (nSPS) is 11.0. The van der Waals surface area contributed by atoms with Crippen molar-refractivity contribution >= 4 is 32.6 Å². The Kier molecular flexibility index (Phi) is 1.11. The fraction of sp³-hybridized carbons (Fsp3) is 0.167. The van der Waals surface area contributed by atoms with Gasteiger partial charge in [0.15, 0.2) is 10.8 Å². The molecule has 0 aliphatic carbocycles. The molecule has 0 unspecified atom stereocenters. The number of nitrogen functional groups attached to an aromatic ring is 2. The van der Waals surface area contributed by atoms with Gasteiger partial charge < -0.3 is 16.5 Å². The van der Waals surface area contributed by atoms with E-state index < -0.39 is 0 Å². The molecule has 0 amide bonds. The third-order valence-corrected chi connectivity index (χ3v) is 2.65. The average molecular weight is 168 g/mol. The first-order chi connectivity index (χ1) is 5.18. The van der Waals surface area contributed by atoms with Crippen LogP contribution >= 0.6 is 11.3 Å². The molecule has 0 saturated heterocycles. The van der Waals surface area contributed by atoms with Gasteiger partial charge in [-0.2, -0.15) is 0 Å². The molecule has 0 fully saturated rings. The maximum atomic E-state index is 5.62. The molecule has 0 radical (unpaired) electrons. The van der Waals surface area contributed by atoms with Crippen LogP contribution in [0.5, 0.6) is 0 Å². The van der Waals surface area contributed by atoms with Crippen LogP contribution in [0.3, 0.4) is 0 Å². The van der Waals surface area contributed by atoms with Gasteiger partial charge in [-0.15, -0.1) is 0 Å². The summed E-state index contributed by atoms with van der Waals surface area (Å²) in [6, 6.07) is 0. The smallest absolute Gasteiger partial charge is 0.182 e. The van der Waals surface area contributed by atoms with E-state index in [0.717, 1.165) is 15.9 Å². The topological polar surface area (TPSA) is 80.7 Å². The molecular formula is C6H8N4S. The zero-order valence-electron chi connectivity index (χ0n) is 6.01. The lowest BCUT2D eigenvalue weighted by Crippen LogP contribution is -1.86. The van der Waals surface area contributed by atoms with E-state index in [-0.39, 0.29) is 0 Å². The number of hydrogen-bond acceptors (Lipinski definition) is 4. The van der Waals surface area contributed by atoms with Gasteiger partial charge in [-0.05, 0) is 6.92 Å². The summed E-state index contributed by atoms with van der Waals surface area (Å²) in [7, 11) is 0. The van der Waals surface area contributed by atoms with E-state index in [4.69, 9.17) is 11.5 Å². The SMILES string of the molecule is Cc1c(N)[nH]c2nc(N)sc12. The van der Waals surface area contributed by atoms with E-state index in [9.17, 15) is 0 Å². The number of aryl methyl sites for hydroxylation is 1. The van der Waals surface area contributed by atoms with Crippen molar-refractivity contribution in [3.63, 3.8) is 0 Å². The number of H-pyrrole nitrogens is 1. The lowest BCUT2D eigenvalue weighted by atomic mass is 10.4. The first kappa shape index (κ1) is 6.48. The van der Waals surface area contributed by atoms with Gasteiger partial charge in [-0.25, -0.2) is 4.98 Å². The minimum Gasteiger partial charge on any atom is -0.385 e. The average Bonchev–Trinajstić information content (AvgIpc) is 2.37. The summed E-state index contributed by atoms with van der Waals surface area (Å²) in [5, 5.41) is 0.578. The number of anilines is 2. The summed E-state index contributed by atoms with van der Waals surface area (Å²) >= 11 is 1.45. The van der Waals surface area contributed by atoms with Crippen LogP contribution in [0.25, 0.3) is 10.3 Å². The van der Waals surface area contributed by atoms with E-state index >= 15 is 0 Å². The van der Waals surface area contributed by atoms with Crippen LogP contribution in [-0.2, 0) is 0 Å². The molecule has 0 saturated carbocycles. The van der Waals surface area contributed by atoms with Crippen molar-refractivity contribution in [1.82, 2.24) is 9.97 Å². The highest BCUT2D eigenvalue weighted by molar-refractivity contribution is 7.22. The lowest BCUT2D eigenvalue weighted by molar-refractivity contribution is 1.35. The number of hydrogen-bond donors (Lipinski definition) is 3. The van der Waals surface area contributed by atoms with Crippen LogP contribution in [-0.4, -0.2) is 9.97 Å². The van der Waals surface area contributed by atoms with Gasteiger partial charge in [0.05, 0.1) is 4.70 Å². The van der Waals surface area contributed by atoms with Crippen molar-refractivity contribution in [2.75, 3.05) is 11.5 Å². The second-order valence-electron chi connectivity index (χ2n) is 2.39. The van der Waals surface area contributed by atoms with E-state index in [2.05, 4.69) is 9.97 Å². The lowest BCUT2D eigenvalue weighted by Gasteiger charge is -1.85. The molecule has 0 aliphatic heterocycles. The third kappa shape index (κ3) is 0.775. The molecular weight excluding hydrogens is 160 g/mol. The standard InChI is InChI=1S/C6H8N4S/c1-2-3-5(9-4(2)7)10-6(8)11-3/h9H,7H2,1H3,(H2,8,10). The van der Waals surface area contributed by atoms with Crippen molar-refractivity contribution < 1.29 is 0 Å². The van der Waals surface area contributed by atoms with Gasteiger partial charge >= 0.3 is 0 Å². The molecule has 0 spiro atoms. The Morgan fingerprint density at radius 2 is 2.18 bits per heavy atom. The molecule has 0 aliphatic rings. The Balaban J connectivity index is 2.88. The maximum Gasteiger partial charge on any atom is 0.182 e. The highest BCUT2D eigenvalue weighted by Crippen LogP contribution is 2.29. The zero-order valence-corrected chi connectivity index (χ0v) is 6.83. The van der Waals surface area contributed by atoms with Gasteiger partial charge in [0, 0.05) is 5.56 Å². The minimum atomic E-state index is 0.578. The Labute approximate surface area is 67.2 Å². The van der Waals surface area contributed by atoms with Crippen LogP contribution in [0.1, 0.15) is 5.56 Å². The minimum absolute atomic E-state index is 0.578. The number of rotatable bonds is 0. The molecule has 2 aromatic heterocycles. The third-order valence-electron chi connectivity index (χ3n) is 1.64. The van der Waals surface area contributed by atoms with Crippen molar-refractivity contribution in [2.45, 2.75) is 6.92 Å². The molecule has 11 heavy (non-hydrogen) atoms. The van der Waals surface area contributed by atoms with Crippen molar-refractivity contribution in [1.29, 1.82) is 0 Å². The predicted octanol–water partition coefficient (Wildman–Crippen LogP) is 1.10. The number of nitrogens with zero attached hydrogens (tertiary/aromatic N) is 1. The number of nitrogens with two attached hydrogens (primary N) is 2. The molecule has 5 N–H and O–H groups in total. The molecule has 2 aromatic rings. The number of thiazole rings is 1. The van der Waals surface area contributed by atoms with Gasteiger partial charge in [0.1, 0.15) is 5.82 Å². The van der Waals surface area contributed by atoms with Crippen LogP contribution in [0.15, 0.2) is 0 Å². The molecule has 0 atom stereocenters. The summed E-state index contributed by atoms with van der Waals surface area (Å²) < 4.78 is 1.06. The molecule has 5 heteroatoms. The van der Waals surface area contributed by atoms with Crippen molar-refractivity contribution in [3.05, 3.63) is 5.56 Å². The summed E-state index contributed by atoms with van der Waals surface area (Å²) in [6.07, 6.45) is 0. The first-order valence-electron chi connectivity index (χ1n) is 3.18. The Bertz CT molecular complexity index is 400. The Morgan fingerprint density at radius 3 is 2.82 bits per heavy atom. The fourth-order valence-electron chi connectivity index (χ4n) is 1.02. The monoisotopic (exact) mass is 168 g/mol. The van der Waals surface area contributed by atoms with Gasteiger partial charge in [0.2, 0.25) is 0 Å². The molecule has 0 bridgehead atoms. The molecule has 58 valence electrons. The quantitative estimate of drug-likeness (QED) is 0.551. The van der Waals surface area contributed by atoms with Crippen LogP contribution < -0.4 is 11.5 Å². The summed E-state index contributed by atoms with van der Waals surface area (Å²) in [4.78, 5) is 7.00. The van der Waals surface area contributed by atoms with Crippen molar-refractivity contribution in [3.8, 4) is 0 Å². The largest absolute Gasteiger partial charge is 0.385 e. The molecule has 4 nitrogen and oxygen atoms in total. The summed E-state index contributed by atoms with van der Waals surface area (Å²) in [5.74, 6) is 0.679. The Morgan fingerprint density at radius 1 is 1.45 bits per heavy atom. The second-order valence-corrected chi connectivity index (χ2v) is 3.42. The number of nitrogens with one attached hydrogen (secondary N) is 1. The van der Waals surface area contributed by atoms with E-state index in [1.165, 1.54) is 11.3 Å². The van der Waals surface area contributed by atoms with Gasteiger partial charge in [-0.3, -0.25) is 0 Å². The summed E-state index contributed by atoms with van der Waals surface area (Å²) in [5.41, 5.74) is 12.9. The predicted molar refractivity (Wildman–Crippen MR) is 47.5 cm³/mol. The number of aromatic amines is 1. The maximum absolute atomic E-state index is 5.62. The highest BCUT2D eigenvalue weighted by Gasteiger charge is 2.08. The van der Waals surface area contributed by atoms with E-state index in [1.54, 1.807) is 0 Å². The highest BCUT2D eigenvalue weighted by atomic mass is 32.1. The summed E-state index contributed by atoms with van der Waals surface area (Å²) in [6.45, 7) is 1.95. The molecule has 2 heterocycles. The van der Waals surface area contributed by atoms with E-state index in [0.29, 0.717) is 10.9 Å². The van der Waals surface area contributed by atoms with Crippen LogP contribution in [0.2, 0.25) is 0 Å². The van der Waals surface area contributed by atoms with Crippen LogP contribution in [0.4, 0.5) is 10.9 Å². The van der Waals surface area contributed by atoms with E-state index in [1.807, 2.05) is 6.92 Å². The molecule has 0 aromatic carbocycles. The number of aromatic nitrogens is 2.